The lowest BCUT2D eigenvalue weighted by Crippen LogP contribution is -2.46. The first-order valence-electron chi connectivity index (χ1n) is 9.10. The molecule has 2 heterocycles. The summed E-state index contributed by atoms with van der Waals surface area (Å²) < 4.78 is 0. The van der Waals surface area contributed by atoms with Crippen molar-refractivity contribution in [3.63, 3.8) is 0 Å². The topological polar surface area (TPSA) is 65.1 Å². The summed E-state index contributed by atoms with van der Waals surface area (Å²) in [6.07, 6.45) is 2.44. The maximum atomic E-state index is 12.8. The number of benzene rings is 2. The highest BCUT2D eigenvalue weighted by Gasteiger charge is 2.25. The molecule has 0 saturated heterocycles. The lowest BCUT2D eigenvalue weighted by molar-refractivity contribution is 0.0733. The van der Waals surface area contributed by atoms with Gasteiger partial charge >= 0.3 is 0 Å². The van der Waals surface area contributed by atoms with Crippen LogP contribution in [0.3, 0.4) is 0 Å². The number of nitrogens with one attached hydrogen (secondary N) is 1. The molecule has 1 aliphatic rings. The molecule has 0 saturated carbocycles. The molecule has 0 fully saturated rings. The highest BCUT2D eigenvalue weighted by atomic mass is 16.2. The molecule has 3 aromatic rings. The number of carbonyl (C=O) groups is 1. The zero-order valence-corrected chi connectivity index (χ0v) is 15.6. The van der Waals surface area contributed by atoms with Crippen LogP contribution < -0.4 is 0 Å². The van der Waals surface area contributed by atoms with Crippen LogP contribution in [0.1, 0.15) is 21.5 Å². The molecule has 4 rings (SSSR count). The maximum absolute atomic E-state index is 12.8. The first-order chi connectivity index (χ1) is 13.1. The van der Waals surface area contributed by atoms with Gasteiger partial charge in [0.15, 0.2) is 5.82 Å². The minimum absolute atomic E-state index is 0.0337. The standard InChI is InChI=1S/C21H23N5O/c1-25-12-18-6-4-3-5-17(18)11-19(25)13-26(2)21(27)16-9-7-15(8-10-16)20-22-14-23-24-20/h3-10,14,19H,11-13H2,1-2H3,(H,22,23,24)/t19-/m0/s1. The van der Waals surface area contributed by atoms with Gasteiger partial charge in [0.25, 0.3) is 5.91 Å². The van der Waals surface area contributed by atoms with E-state index in [4.69, 9.17) is 0 Å². The van der Waals surface area contributed by atoms with Crippen molar-refractivity contribution >= 4 is 5.91 Å². The Morgan fingerprint density at radius 1 is 1.19 bits per heavy atom. The van der Waals surface area contributed by atoms with Crippen LogP contribution in [0.2, 0.25) is 0 Å². The Bertz CT molecular complexity index is 920. The van der Waals surface area contributed by atoms with Crippen LogP contribution >= 0.6 is 0 Å². The molecule has 6 nitrogen and oxygen atoms in total. The molecule has 0 spiro atoms. The Hall–Kier alpha value is -2.99. The molecule has 138 valence electrons. The fourth-order valence-corrected chi connectivity index (χ4v) is 3.66. The zero-order chi connectivity index (χ0) is 18.8. The number of hydrogen-bond acceptors (Lipinski definition) is 4. The lowest BCUT2D eigenvalue weighted by atomic mass is 9.94. The van der Waals surface area contributed by atoms with Gasteiger partial charge in [0.05, 0.1) is 0 Å². The third-order valence-electron chi connectivity index (χ3n) is 5.27. The van der Waals surface area contributed by atoms with Gasteiger partial charge in [-0.05, 0) is 36.7 Å². The van der Waals surface area contributed by atoms with Gasteiger partial charge in [0.2, 0.25) is 0 Å². The fourth-order valence-electron chi connectivity index (χ4n) is 3.66. The smallest absolute Gasteiger partial charge is 0.253 e. The summed E-state index contributed by atoms with van der Waals surface area (Å²) in [4.78, 5) is 21.1. The molecule has 2 aromatic carbocycles. The summed E-state index contributed by atoms with van der Waals surface area (Å²) in [6.45, 7) is 1.63. The minimum atomic E-state index is 0.0337. The quantitative estimate of drug-likeness (QED) is 0.776. The Labute approximate surface area is 158 Å². The lowest BCUT2D eigenvalue weighted by Gasteiger charge is -2.36. The van der Waals surface area contributed by atoms with Gasteiger partial charge in [0, 0.05) is 37.3 Å². The van der Waals surface area contributed by atoms with Gasteiger partial charge in [-0.2, -0.15) is 5.10 Å². The van der Waals surface area contributed by atoms with Gasteiger partial charge in [-0.3, -0.25) is 14.8 Å². The maximum Gasteiger partial charge on any atom is 0.253 e. The highest BCUT2D eigenvalue weighted by Crippen LogP contribution is 2.23. The van der Waals surface area contributed by atoms with Gasteiger partial charge in [-0.25, -0.2) is 4.98 Å². The van der Waals surface area contributed by atoms with Gasteiger partial charge in [-0.1, -0.05) is 36.4 Å². The second-order valence-corrected chi connectivity index (χ2v) is 7.14. The molecule has 6 heteroatoms. The molecule has 1 amide bonds. The Kier molecular flexibility index (Phi) is 4.73. The molecule has 0 radical (unpaired) electrons. The molecule has 1 aromatic heterocycles. The van der Waals surface area contributed by atoms with E-state index < -0.39 is 0 Å². The van der Waals surface area contributed by atoms with Crippen molar-refractivity contribution in [2.75, 3.05) is 20.6 Å². The number of aromatic nitrogens is 3. The number of amides is 1. The number of likely N-dealkylation sites (N-methyl/N-ethyl adjacent to an activating group) is 2. The van der Waals surface area contributed by atoms with Crippen LogP contribution in [0.25, 0.3) is 11.4 Å². The monoisotopic (exact) mass is 361 g/mol. The van der Waals surface area contributed by atoms with E-state index in [0.29, 0.717) is 24.0 Å². The van der Waals surface area contributed by atoms with Crippen LogP contribution in [0.5, 0.6) is 0 Å². The number of rotatable bonds is 4. The zero-order valence-electron chi connectivity index (χ0n) is 15.6. The Morgan fingerprint density at radius 2 is 1.93 bits per heavy atom. The third-order valence-corrected chi connectivity index (χ3v) is 5.27. The number of nitrogens with zero attached hydrogens (tertiary/aromatic N) is 4. The summed E-state index contributed by atoms with van der Waals surface area (Å²) >= 11 is 0. The number of H-pyrrole nitrogens is 1. The molecule has 27 heavy (non-hydrogen) atoms. The van der Waals surface area contributed by atoms with Gasteiger partial charge in [-0.15, -0.1) is 0 Å². The van der Waals surface area contributed by atoms with Gasteiger partial charge < -0.3 is 4.90 Å². The van der Waals surface area contributed by atoms with E-state index in [0.717, 1.165) is 18.5 Å². The van der Waals surface area contributed by atoms with Crippen molar-refractivity contribution in [2.24, 2.45) is 0 Å². The minimum Gasteiger partial charge on any atom is -0.340 e. The predicted molar refractivity (Wildman–Crippen MR) is 104 cm³/mol. The Balaban J connectivity index is 1.43. The van der Waals surface area contributed by atoms with E-state index >= 15 is 0 Å². The van der Waals surface area contributed by atoms with Crippen LogP contribution in [0.4, 0.5) is 0 Å². The second-order valence-electron chi connectivity index (χ2n) is 7.14. The van der Waals surface area contributed by atoms with Crippen LogP contribution in [0, 0.1) is 0 Å². The van der Waals surface area contributed by atoms with Crippen LogP contribution in [-0.4, -0.2) is 57.6 Å². The number of carbonyl (C=O) groups excluding carboxylic acids is 1. The van der Waals surface area contributed by atoms with Crippen molar-refractivity contribution in [3.05, 3.63) is 71.5 Å². The predicted octanol–water partition coefficient (Wildman–Crippen LogP) is 2.60. The summed E-state index contributed by atoms with van der Waals surface area (Å²) in [5, 5.41) is 6.69. The SMILES string of the molecule is CN(C[C@@H]1Cc2ccccc2CN1C)C(=O)c1ccc(-c2ncn[nH]2)cc1. The van der Waals surface area contributed by atoms with Crippen molar-refractivity contribution in [2.45, 2.75) is 19.0 Å². The van der Waals surface area contributed by atoms with E-state index in [1.165, 1.54) is 17.5 Å². The largest absolute Gasteiger partial charge is 0.340 e. The number of aromatic amines is 1. The van der Waals surface area contributed by atoms with Crippen molar-refractivity contribution in [1.29, 1.82) is 0 Å². The molecule has 1 N–H and O–H groups in total. The molecular formula is C21H23N5O. The second kappa shape index (κ2) is 7.32. The number of hydrogen-bond donors (Lipinski definition) is 1. The molecule has 0 unspecified atom stereocenters. The summed E-state index contributed by atoms with van der Waals surface area (Å²) in [5.74, 6) is 0.733. The van der Waals surface area contributed by atoms with Crippen LogP contribution in [0.15, 0.2) is 54.9 Å². The normalized spacial score (nSPS) is 16.7. The third kappa shape index (κ3) is 3.61. The highest BCUT2D eigenvalue weighted by molar-refractivity contribution is 5.94. The average molecular weight is 361 g/mol. The van der Waals surface area contributed by atoms with E-state index in [1.54, 1.807) is 0 Å². The summed E-state index contributed by atoms with van der Waals surface area (Å²) in [5.41, 5.74) is 4.36. The van der Waals surface area contributed by atoms with Gasteiger partial charge in [0.1, 0.15) is 6.33 Å². The average Bonchev–Trinajstić information content (AvgIpc) is 3.23. The van der Waals surface area contributed by atoms with Crippen LogP contribution in [-0.2, 0) is 13.0 Å². The molecule has 0 bridgehead atoms. The van der Waals surface area contributed by atoms with Crippen molar-refractivity contribution in [3.8, 4) is 11.4 Å². The summed E-state index contributed by atoms with van der Waals surface area (Å²) in [7, 11) is 4.01. The van der Waals surface area contributed by atoms with E-state index in [-0.39, 0.29) is 5.91 Å². The van der Waals surface area contributed by atoms with E-state index in [9.17, 15) is 4.79 Å². The van der Waals surface area contributed by atoms with E-state index in [2.05, 4.69) is 51.4 Å². The van der Waals surface area contributed by atoms with Crippen molar-refractivity contribution < 1.29 is 4.79 Å². The Morgan fingerprint density at radius 3 is 2.63 bits per heavy atom. The number of fused-ring (bicyclic) bond motifs is 1. The first kappa shape index (κ1) is 17.4. The fraction of sp³-hybridized carbons (Fsp3) is 0.286. The van der Waals surface area contributed by atoms with E-state index in [1.807, 2.05) is 36.2 Å². The van der Waals surface area contributed by atoms with Crippen molar-refractivity contribution in [1.82, 2.24) is 25.0 Å². The molecular weight excluding hydrogens is 338 g/mol. The molecule has 1 atom stereocenters. The molecule has 1 aliphatic heterocycles. The first-order valence-corrected chi connectivity index (χ1v) is 9.10. The molecule has 0 aliphatic carbocycles. The summed E-state index contributed by atoms with van der Waals surface area (Å²) in [6, 6.07) is 16.4.